The number of hydrogen-bond acceptors (Lipinski definition) is 5. The molecule has 2 rings (SSSR count). The van der Waals surface area contributed by atoms with Crippen molar-refractivity contribution in [3.63, 3.8) is 0 Å². The fraction of sp³-hybridized carbons (Fsp3) is 0.400. The van der Waals surface area contributed by atoms with E-state index in [-0.39, 0.29) is 18.3 Å². The number of rotatable bonds is 5. The average molecular weight is 289 g/mol. The van der Waals surface area contributed by atoms with Gasteiger partial charge in [-0.25, -0.2) is 0 Å². The van der Waals surface area contributed by atoms with Gasteiger partial charge < -0.3 is 14.5 Å². The number of aromatic nitrogens is 2. The SMILES string of the molecule is CCN(CC(O)c1ccc(C)cc1)C(=O)c1noc(C)n1. The van der Waals surface area contributed by atoms with Gasteiger partial charge in [0.1, 0.15) is 0 Å². The number of carbonyl (C=O) groups excluding carboxylic acids is 1. The molecule has 1 aromatic heterocycles. The summed E-state index contributed by atoms with van der Waals surface area (Å²) in [5.74, 6) is 0.0134. The fourth-order valence-electron chi connectivity index (χ4n) is 1.99. The molecule has 21 heavy (non-hydrogen) atoms. The summed E-state index contributed by atoms with van der Waals surface area (Å²) in [6.45, 7) is 6.09. The van der Waals surface area contributed by atoms with Crippen molar-refractivity contribution in [2.24, 2.45) is 0 Å². The predicted molar refractivity (Wildman–Crippen MR) is 76.8 cm³/mol. The van der Waals surface area contributed by atoms with Crippen molar-refractivity contribution in [1.82, 2.24) is 15.0 Å². The van der Waals surface area contributed by atoms with Gasteiger partial charge in [-0.15, -0.1) is 0 Å². The maximum absolute atomic E-state index is 12.2. The lowest BCUT2D eigenvalue weighted by molar-refractivity contribution is 0.0620. The third-order valence-corrected chi connectivity index (χ3v) is 3.24. The summed E-state index contributed by atoms with van der Waals surface area (Å²) >= 11 is 0. The lowest BCUT2D eigenvalue weighted by atomic mass is 10.1. The molecule has 2 aromatic rings. The summed E-state index contributed by atoms with van der Waals surface area (Å²) in [7, 11) is 0. The molecule has 6 nitrogen and oxygen atoms in total. The summed E-state index contributed by atoms with van der Waals surface area (Å²) in [4.78, 5) is 17.7. The lowest BCUT2D eigenvalue weighted by Crippen LogP contribution is -2.35. The average Bonchev–Trinajstić information content (AvgIpc) is 2.91. The Labute approximate surface area is 123 Å². The Bertz CT molecular complexity index is 607. The van der Waals surface area contributed by atoms with Crippen molar-refractivity contribution in [1.29, 1.82) is 0 Å². The number of aryl methyl sites for hydroxylation is 2. The van der Waals surface area contributed by atoms with Crippen LogP contribution in [0.1, 0.15) is 40.7 Å². The standard InChI is InChI=1S/C15H19N3O3/c1-4-18(15(20)14-16-11(3)21-17-14)9-13(19)12-7-5-10(2)6-8-12/h5-8,13,19H,4,9H2,1-3H3. The molecule has 0 aliphatic carbocycles. The van der Waals surface area contributed by atoms with E-state index in [0.29, 0.717) is 12.4 Å². The van der Waals surface area contributed by atoms with Crippen LogP contribution < -0.4 is 0 Å². The van der Waals surface area contributed by atoms with Crippen LogP contribution in [0.3, 0.4) is 0 Å². The molecule has 1 heterocycles. The van der Waals surface area contributed by atoms with E-state index >= 15 is 0 Å². The first kappa shape index (κ1) is 15.2. The first-order chi connectivity index (χ1) is 10.0. The summed E-state index contributed by atoms with van der Waals surface area (Å²) in [6, 6.07) is 7.58. The van der Waals surface area contributed by atoms with E-state index in [1.54, 1.807) is 6.92 Å². The Morgan fingerprint density at radius 1 is 1.33 bits per heavy atom. The van der Waals surface area contributed by atoms with Crippen LogP contribution in [0, 0.1) is 13.8 Å². The van der Waals surface area contributed by atoms with E-state index < -0.39 is 6.10 Å². The Kier molecular flexibility index (Phi) is 4.70. The molecule has 0 radical (unpaired) electrons. The van der Waals surface area contributed by atoms with Gasteiger partial charge in [0.25, 0.3) is 11.7 Å². The van der Waals surface area contributed by atoms with Gasteiger partial charge in [0, 0.05) is 13.5 Å². The minimum atomic E-state index is -0.748. The predicted octanol–water partition coefficient (Wildman–Crippen LogP) is 1.88. The lowest BCUT2D eigenvalue weighted by Gasteiger charge is -2.22. The molecule has 0 aliphatic heterocycles. The number of likely N-dealkylation sites (N-methyl/N-ethyl adjacent to an activating group) is 1. The monoisotopic (exact) mass is 289 g/mol. The maximum atomic E-state index is 12.2. The molecule has 1 unspecified atom stereocenters. The number of benzene rings is 1. The summed E-state index contributed by atoms with van der Waals surface area (Å²) in [5, 5.41) is 13.9. The Balaban J connectivity index is 2.08. The van der Waals surface area contributed by atoms with Crippen molar-refractivity contribution in [3.05, 3.63) is 47.1 Å². The van der Waals surface area contributed by atoms with Crippen molar-refractivity contribution < 1.29 is 14.4 Å². The second kappa shape index (κ2) is 6.49. The number of amides is 1. The van der Waals surface area contributed by atoms with E-state index in [2.05, 4.69) is 10.1 Å². The van der Waals surface area contributed by atoms with E-state index in [4.69, 9.17) is 4.52 Å². The molecule has 1 N–H and O–H groups in total. The van der Waals surface area contributed by atoms with Crippen LogP contribution in [0.5, 0.6) is 0 Å². The first-order valence-electron chi connectivity index (χ1n) is 6.85. The molecular weight excluding hydrogens is 270 g/mol. The smallest absolute Gasteiger partial charge is 0.295 e. The zero-order valence-electron chi connectivity index (χ0n) is 12.4. The topological polar surface area (TPSA) is 79.5 Å². The summed E-state index contributed by atoms with van der Waals surface area (Å²) in [5.41, 5.74) is 1.90. The van der Waals surface area contributed by atoms with Crippen LogP contribution >= 0.6 is 0 Å². The summed E-state index contributed by atoms with van der Waals surface area (Å²) < 4.78 is 4.81. The highest BCUT2D eigenvalue weighted by atomic mass is 16.5. The molecule has 6 heteroatoms. The highest BCUT2D eigenvalue weighted by molar-refractivity contribution is 5.90. The molecule has 1 aromatic carbocycles. The van der Waals surface area contributed by atoms with Gasteiger partial charge in [-0.1, -0.05) is 35.0 Å². The van der Waals surface area contributed by atoms with Crippen LogP contribution in [0.2, 0.25) is 0 Å². The van der Waals surface area contributed by atoms with Crippen LogP contribution in [0.15, 0.2) is 28.8 Å². The second-order valence-electron chi connectivity index (χ2n) is 4.91. The van der Waals surface area contributed by atoms with Gasteiger partial charge in [-0.3, -0.25) is 4.79 Å². The number of aliphatic hydroxyl groups excluding tert-OH is 1. The number of hydrogen-bond donors (Lipinski definition) is 1. The number of nitrogens with zero attached hydrogens (tertiary/aromatic N) is 3. The van der Waals surface area contributed by atoms with Gasteiger partial charge in [-0.05, 0) is 19.4 Å². The third-order valence-electron chi connectivity index (χ3n) is 3.24. The van der Waals surface area contributed by atoms with Crippen LogP contribution in [-0.4, -0.2) is 39.1 Å². The van der Waals surface area contributed by atoms with E-state index in [0.717, 1.165) is 11.1 Å². The van der Waals surface area contributed by atoms with Gasteiger partial charge in [0.2, 0.25) is 5.89 Å². The van der Waals surface area contributed by atoms with Crippen molar-refractivity contribution in [3.8, 4) is 0 Å². The molecule has 0 saturated carbocycles. The van der Waals surface area contributed by atoms with E-state index in [9.17, 15) is 9.90 Å². The molecule has 0 bridgehead atoms. The van der Waals surface area contributed by atoms with Crippen LogP contribution in [-0.2, 0) is 0 Å². The molecule has 112 valence electrons. The zero-order valence-corrected chi connectivity index (χ0v) is 12.4. The molecule has 0 saturated heterocycles. The molecular formula is C15H19N3O3. The minimum absolute atomic E-state index is 0.0189. The van der Waals surface area contributed by atoms with Crippen LogP contribution in [0.4, 0.5) is 0 Å². The second-order valence-corrected chi connectivity index (χ2v) is 4.91. The van der Waals surface area contributed by atoms with Crippen molar-refractivity contribution in [2.45, 2.75) is 26.9 Å². The van der Waals surface area contributed by atoms with Crippen molar-refractivity contribution in [2.75, 3.05) is 13.1 Å². The third kappa shape index (κ3) is 3.66. The highest BCUT2D eigenvalue weighted by Crippen LogP contribution is 2.16. The molecule has 1 atom stereocenters. The van der Waals surface area contributed by atoms with Crippen LogP contribution in [0.25, 0.3) is 0 Å². The maximum Gasteiger partial charge on any atom is 0.295 e. The minimum Gasteiger partial charge on any atom is -0.387 e. The first-order valence-corrected chi connectivity index (χ1v) is 6.85. The summed E-state index contributed by atoms with van der Waals surface area (Å²) in [6.07, 6.45) is -0.748. The molecule has 0 spiro atoms. The number of aliphatic hydroxyl groups is 1. The Hall–Kier alpha value is -2.21. The van der Waals surface area contributed by atoms with Gasteiger partial charge in [0.15, 0.2) is 0 Å². The van der Waals surface area contributed by atoms with Gasteiger partial charge in [0.05, 0.1) is 12.6 Å². The van der Waals surface area contributed by atoms with Crippen molar-refractivity contribution >= 4 is 5.91 Å². The fourth-order valence-corrected chi connectivity index (χ4v) is 1.99. The van der Waals surface area contributed by atoms with E-state index in [1.807, 2.05) is 38.1 Å². The molecule has 1 amide bonds. The molecule has 0 fully saturated rings. The Morgan fingerprint density at radius 2 is 2.00 bits per heavy atom. The zero-order chi connectivity index (χ0) is 15.4. The Morgan fingerprint density at radius 3 is 2.52 bits per heavy atom. The van der Waals surface area contributed by atoms with Gasteiger partial charge in [-0.2, -0.15) is 4.98 Å². The largest absolute Gasteiger partial charge is 0.387 e. The quantitative estimate of drug-likeness (QED) is 0.909. The number of carbonyl (C=O) groups is 1. The van der Waals surface area contributed by atoms with Gasteiger partial charge >= 0.3 is 0 Å². The normalized spacial score (nSPS) is 12.2. The molecule has 0 aliphatic rings. The van der Waals surface area contributed by atoms with E-state index in [1.165, 1.54) is 4.90 Å². The highest BCUT2D eigenvalue weighted by Gasteiger charge is 2.22.